The average molecular weight is 282 g/mol. The molecular formula is C11H20F2N2O4. The number of carboxylic acid groups (broad SMARTS) is 1. The Labute approximate surface area is 110 Å². The van der Waals surface area contributed by atoms with E-state index in [0.29, 0.717) is 6.42 Å². The highest BCUT2D eigenvalue weighted by molar-refractivity contribution is 5.77. The van der Waals surface area contributed by atoms with Crippen LogP contribution in [0.5, 0.6) is 0 Å². The second-order valence-corrected chi connectivity index (χ2v) is 4.29. The van der Waals surface area contributed by atoms with Gasteiger partial charge >= 0.3 is 12.0 Å². The van der Waals surface area contributed by atoms with Crippen molar-refractivity contribution in [2.45, 2.75) is 26.7 Å². The van der Waals surface area contributed by atoms with Crippen LogP contribution in [-0.4, -0.2) is 49.8 Å². The van der Waals surface area contributed by atoms with E-state index in [2.05, 4.69) is 15.4 Å². The van der Waals surface area contributed by atoms with Gasteiger partial charge in [0.25, 0.3) is 6.43 Å². The molecule has 0 aromatic heterocycles. The minimum atomic E-state index is -2.53. The number of hydrogen-bond acceptors (Lipinski definition) is 3. The quantitative estimate of drug-likeness (QED) is 0.552. The Morgan fingerprint density at radius 1 is 1.37 bits per heavy atom. The number of carbonyl (C=O) groups is 2. The molecule has 0 heterocycles. The van der Waals surface area contributed by atoms with E-state index in [0.717, 1.165) is 0 Å². The molecule has 0 spiro atoms. The Hall–Kier alpha value is -1.44. The number of amides is 2. The fourth-order valence-electron chi connectivity index (χ4n) is 1.10. The summed E-state index contributed by atoms with van der Waals surface area (Å²) in [4.78, 5) is 22.3. The summed E-state index contributed by atoms with van der Waals surface area (Å²) in [5.41, 5.74) is -1.02. The summed E-state index contributed by atoms with van der Waals surface area (Å²) in [6.45, 7) is 2.61. The minimum absolute atomic E-state index is 0.0114. The fraction of sp³-hybridized carbons (Fsp3) is 0.818. The van der Waals surface area contributed by atoms with Crippen LogP contribution in [0.25, 0.3) is 0 Å². The molecule has 1 unspecified atom stereocenters. The lowest BCUT2D eigenvalue weighted by atomic mass is 9.88. The largest absolute Gasteiger partial charge is 0.481 e. The molecule has 8 heteroatoms. The van der Waals surface area contributed by atoms with Crippen molar-refractivity contribution >= 4 is 12.0 Å². The molecule has 0 aliphatic carbocycles. The molecule has 0 saturated carbocycles. The molecule has 0 aliphatic heterocycles. The van der Waals surface area contributed by atoms with E-state index in [9.17, 15) is 18.4 Å². The van der Waals surface area contributed by atoms with Crippen LogP contribution in [0.4, 0.5) is 13.6 Å². The number of urea groups is 1. The first kappa shape index (κ1) is 17.6. The average Bonchev–Trinajstić information content (AvgIpc) is 2.34. The number of hydrogen-bond donors (Lipinski definition) is 3. The third-order valence-electron chi connectivity index (χ3n) is 2.71. The van der Waals surface area contributed by atoms with Gasteiger partial charge in [0.15, 0.2) is 0 Å². The summed E-state index contributed by atoms with van der Waals surface area (Å²) in [7, 11) is 0. The van der Waals surface area contributed by atoms with Gasteiger partial charge in [-0.1, -0.05) is 6.92 Å². The van der Waals surface area contributed by atoms with Crippen molar-refractivity contribution in [3.05, 3.63) is 0 Å². The van der Waals surface area contributed by atoms with Crippen molar-refractivity contribution in [1.82, 2.24) is 10.6 Å². The van der Waals surface area contributed by atoms with Gasteiger partial charge in [0.05, 0.1) is 12.0 Å². The maximum Gasteiger partial charge on any atom is 0.314 e. The van der Waals surface area contributed by atoms with Crippen molar-refractivity contribution in [1.29, 1.82) is 0 Å². The zero-order valence-corrected chi connectivity index (χ0v) is 11.0. The lowest BCUT2D eigenvalue weighted by Gasteiger charge is -2.23. The Bertz CT molecular complexity index is 302. The number of carbonyl (C=O) groups excluding carboxylic acids is 1. The number of carboxylic acids is 1. The van der Waals surface area contributed by atoms with Gasteiger partial charge in [-0.15, -0.1) is 0 Å². The van der Waals surface area contributed by atoms with Crippen LogP contribution in [0.2, 0.25) is 0 Å². The van der Waals surface area contributed by atoms with Crippen molar-refractivity contribution in [2.75, 3.05) is 26.3 Å². The Morgan fingerprint density at radius 3 is 2.47 bits per heavy atom. The van der Waals surface area contributed by atoms with Crippen molar-refractivity contribution in [3.8, 4) is 0 Å². The number of aliphatic carboxylic acids is 1. The van der Waals surface area contributed by atoms with Crippen molar-refractivity contribution in [3.63, 3.8) is 0 Å². The summed E-state index contributed by atoms with van der Waals surface area (Å²) in [5, 5.41) is 13.8. The summed E-state index contributed by atoms with van der Waals surface area (Å²) in [5.74, 6) is -0.990. The molecule has 19 heavy (non-hydrogen) atoms. The molecule has 0 aromatic rings. The van der Waals surface area contributed by atoms with Gasteiger partial charge in [0.1, 0.15) is 6.61 Å². The highest BCUT2D eigenvalue weighted by atomic mass is 19.3. The highest BCUT2D eigenvalue weighted by Crippen LogP contribution is 2.19. The number of ether oxygens (including phenoxy) is 1. The highest BCUT2D eigenvalue weighted by Gasteiger charge is 2.31. The van der Waals surface area contributed by atoms with E-state index in [-0.39, 0.29) is 19.7 Å². The van der Waals surface area contributed by atoms with E-state index in [1.807, 2.05) is 0 Å². The van der Waals surface area contributed by atoms with Crippen LogP contribution in [0, 0.1) is 5.41 Å². The Morgan fingerprint density at radius 2 is 2.00 bits per heavy atom. The second kappa shape index (κ2) is 8.63. The van der Waals surface area contributed by atoms with Crippen LogP contribution in [-0.2, 0) is 9.53 Å². The third-order valence-corrected chi connectivity index (χ3v) is 2.71. The summed E-state index contributed by atoms with van der Waals surface area (Å²) in [6.07, 6.45) is -2.16. The molecule has 0 saturated heterocycles. The van der Waals surface area contributed by atoms with E-state index in [4.69, 9.17) is 5.11 Å². The van der Waals surface area contributed by atoms with E-state index in [1.165, 1.54) is 6.92 Å². The molecule has 0 aliphatic rings. The lowest BCUT2D eigenvalue weighted by molar-refractivity contribution is -0.147. The second-order valence-electron chi connectivity index (χ2n) is 4.29. The number of alkyl halides is 2. The minimum Gasteiger partial charge on any atom is -0.481 e. The summed E-state index contributed by atoms with van der Waals surface area (Å²) in [6, 6.07) is -0.554. The molecule has 0 rings (SSSR count). The maximum atomic E-state index is 11.7. The van der Waals surface area contributed by atoms with Gasteiger partial charge in [-0.2, -0.15) is 0 Å². The van der Waals surface area contributed by atoms with Gasteiger partial charge in [-0.3, -0.25) is 4.79 Å². The van der Waals surface area contributed by atoms with Crippen molar-refractivity contribution < 1.29 is 28.2 Å². The molecular weight excluding hydrogens is 262 g/mol. The Kier molecular flexibility index (Phi) is 7.97. The zero-order chi connectivity index (χ0) is 14.9. The van der Waals surface area contributed by atoms with Gasteiger partial charge in [-0.05, 0) is 13.3 Å². The van der Waals surface area contributed by atoms with Crippen LogP contribution < -0.4 is 10.6 Å². The molecule has 1 atom stereocenters. The zero-order valence-electron chi connectivity index (χ0n) is 11.0. The number of rotatable bonds is 9. The first-order chi connectivity index (χ1) is 8.81. The molecule has 2 amide bonds. The normalized spacial score (nSPS) is 13.9. The van der Waals surface area contributed by atoms with Gasteiger partial charge in [-0.25, -0.2) is 13.6 Å². The van der Waals surface area contributed by atoms with Gasteiger partial charge in [0.2, 0.25) is 0 Å². The lowest BCUT2D eigenvalue weighted by Crippen LogP contribution is -2.45. The topological polar surface area (TPSA) is 87.7 Å². The van der Waals surface area contributed by atoms with Crippen molar-refractivity contribution in [2.24, 2.45) is 5.41 Å². The van der Waals surface area contributed by atoms with E-state index < -0.39 is 30.4 Å². The maximum absolute atomic E-state index is 11.7. The first-order valence-electron chi connectivity index (χ1n) is 5.93. The smallest absolute Gasteiger partial charge is 0.314 e. The summed E-state index contributed by atoms with van der Waals surface area (Å²) < 4.78 is 28.0. The monoisotopic (exact) mass is 282 g/mol. The predicted molar refractivity (Wildman–Crippen MR) is 64.3 cm³/mol. The van der Waals surface area contributed by atoms with E-state index >= 15 is 0 Å². The van der Waals surface area contributed by atoms with Crippen LogP contribution in [0.1, 0.15) is 20.3 Å². The summed E-state index contributed by atoms with van der Waals surface area (Å²) >= 11 is 0. The number of halogens is 2. The van der Waals surface area contributed by atoms with Crippen LogP contribution in [0.3, 0.4) is 0 Å². The predicted octanol–water partition coefficient (Wildman–Crippen LogP) is 1.07. The van der Waals surface area contributed by atoms with E-state index in [1.54, 1.807) is 6.92 Å². The molecule has 6 nitrogen and oxygen atoms in total. The van der Waals surface area contributed by atoms with Gasteiger partial charge in [0, 0.05) is 13.1 Å². The van der Waals surface area contributed by atoms with Gasteiger partial charge < -0.3 is 20.5 Å². The fourth-order valence-corrected chi connectivity index (χ4v) is 1.10. The number of nitrogens with one attached hydrogen (secondary N) is 2. The molecule has 0 radical (unpaired) electrons. The molecule has 0 aromatic carbocycles. The standard InChI is InChI=1S/C11H20F2N2O4/c1-3-11(2,9(16)17)7-15-10(18)14-4-5-19-6-8(12)13/h8H,3-7H2,1-2H3,(H,16,17)(H2,14,15,18). The van der Waals surface area contributed by atoms with Crippen LogP contribution in [0.15, 0.2) is 0 Å². The Balaban J connectivity index is 3.78. The molecule has 0 bridgehead atoms. The third kappa shape index (κ3) is 7.55. The van der Waals surface area contributed by atoms with Crippen LogP contribution >= 0.6 is 0 Å². The molecule has 112 valence electrons. The SMILES string of the molecule is CCC(C)(CNC(=O)NCCOCC(F)F)C(=O)O. The molecule has 0 fully saturated rings. The molecule has 3 N–H and O–H groups in total. The first-order valence-corrected chi connectivity index (χ1v) is 5.93.